The van der Waals surface area contributed by atoms with Crippen molar-refractivity contribution in [1.82, 2.24) is 4.90 Å². The first-order valence-corrected chi connectivity index (χ1v) is 6.61. The third-order valence-electron chi connectivity index (χ3n) is 3.87. The molecule has 0 aromatic heterocycles. The zero-order valence-electron chi connectivity index (χ0n) is 11.1. The number of aliphatic carboxylic acids is 1. The quantitative estimate of drug-likeness (QED) is 0.888. The Labute approximate surface area is 108 Å². The van der Waals surface area contributed by atoms with E-state index in [-0.39, 0.29) is 6.04 Å². The maximum absolute atomic E-state index is 11.4. The maximum Gasteiger partial charge on any atom is 0.321 e. The van der Waals surface area contributed by atoms with Crippen LogP contribution in [-0.4, -0.2) is 35.1 Å². The van der Waals surface area contributed by atoms with Crippen LogP contribution in [0.2, 0.25) is 0 Å². The molecule has 98 valence electrons. The van der Waals surface area contributed by atoms with Gasteiger partial charge in [0.1, 0.15) is 6.04 Å². The van der Waals surface area contributed by atoms with Crippen LogP contribution in [0.1, 0.15) is 29.5 Å². The van der Waals surface area contributed by atoms with Crippen LogP contribution in [0.25, 0.3) is 0 Å². The van der Waals surface area contributed by atoms with Crippen molar-refractivity contribution in [2.45, 2.75) is 39.2 Å². The fourth-order valence-electron chi connectivity index (χ4n) is 2.58. The summed E-state index contributed by atoms with van der Waals surface area (Å²) < 4.78 is 0. The Kier molecular flexibility index (Phi) is 4.02. The maximum atomic E-state index is 11.4. The molecule has 0 saturated carbocycles. The molecule has 0 amide bonds. The van der Waals surface area contributed by atoms with Gasteiger partial charge in [0.2, 0.25) is 0 Å². The Morgan fingerprint density at radius 3 is 2.50 bits per heavy atom. The van der Waals surface area contributed by atoms with Crippen molar-refractivity contribution in [3.8, 4) is 0 Å². The second-order valence-electron chi connectivity index (χ2n) is 5.22. The lowest BCUT2D eigenvalue weighted by Gasteiger charge is -2.23. The smallest absolute Gasteiger partial charge is 0.321 e. The lowest BCUT2D eigenvalue weighted by atomic mass is 10.0. The van der Waals surface area contributed by atoms with E-state index in [1.165, 1.54) is 11.1 Å². The number of carbonyl (C=O) groups is 1. The molecule has 0 bridgehead atoms. The summed E-state index contributed by atoms with van der Waals surface area (Å²) in [4.78, 5) is 13.5. The van der Waals surface area contributed by atoms with E-state index >= 15 is 0 Å². The van der Waals surface area contributed by atoms with E-state index < -0.39 is 5.97 Å². The molecule has 1 N–H and O–H groups in total. The molecular weight excluding hydrogens is 226 g/mol. The van der Waals surface area contributed by atoms with Crippen LogP contribution in [0.3, 0.4) is 0 Å². The molecule has 1 heterocycles. The Morgan fingerprint density at radius 2 is 1.94 bits per heavy atom. The minimum Gasteiger partial charge on any atom is -0.480 e. The van der Waals surface area contributed by atoms with E-state index in [1.54, 1.807) is 0 Å². The van der Waals surface area contributed by atoms with Crippen molar-refractivity contribution in [2.75, 3.05) is 13.1 Å². The molecule has 0 unspecified atom stereocenters. The molecule has 1 aliphatic heterocycles. The molecule has 2 rings (SSSR count). The SMILES string of the molecule is Cc1ccc(C[C@@H](C(=O)O)N2CCCC2)cc1C. The van der Waals surface area contributed by atoms with Crippen LogP contribution >= 0.6 is 0 Å². The van der Waals surface area contributed by atoms with Crippen molar-refractivity contribution in [3.63, 3.8) is 0 Å². The van der Waals surface area contributed by atoms with E-state index in [4.69, 9.17) is 0 Å². The highest BCUT2D eigenvalue weighted by Gasteiger charge is 2.27. The molecule has 0 spiro atoms. The Bertz CT molecular complexity index is 436. The van der Waals surface area contributed by atoms with Crippen molar-refractivity contribution in [2.24, 2.45) is 0 Å². The van der Waals surface area contributed by atoms with Gasteiger partial charge in [-0.25, -0.2) is 0 Å². The van der Waals surface area contributed by atoms with E-state index in [0.29, 0.717) is 6.42 Å². The summed E-state index contributed by atoms with van der Waals surface area (Å²) in [6, 6.07) is 5.87. The van der Waals surface area contributed by atoms with Crippen molar-refractivity contribution in [3.05, 3.63) is 34.9 Å². The number of carboxylic acid groups (broad SMARTS) is 1. The van der Waals surface area contributed by atoms with E-state index in [2.05, 4.69) is 30.9 Å². The predicted molar refractivity (Wildman–Crippen MR) is 71.9 cm³/mol. The number of hydrogen-bond donors (Lipinski definition) is 1. The molecule has 3 nitrogen and oxygen atoms in total. The zero-order valence-corrected chi connectivity index (χ0v) is 11.1. The second kappa shape index (κ2) is 5.53. The van der Waals surface area contributed by atoms with Gasteiger partial charge in [-0.1, -0.05) is 18.2 Å². The molecule has 1 saturated heterocycles. The second-order valence-corrected chi connectivity index (χ2v) is 5.22. The highest BCUT2D eigenvalue weighted by Crippen LogP contribution is 2.18. The summed E-state index contributed by atoms with van der Waals surface area (Å²) in [5.74, 6) is -0.699. The molecule has 1 fully saturated rings. The molecule has 1 aliphatic rings. The molecule has 3 heteroatoms. The minimum absolute atomic E-state index is 0.366. The van der Waals surface area contributed by atoms with Crippen LogP contribution in [0.15, 0.2) is 18.2 Å². The number of rotatable bonds is 4. The highest BCUT2D eigenvalue weighted by atomic mass is 16.4. The summed E-state index contributed by atoms with van der Waals surface area (Å²) in [6.07, 6.45) is 2.85. The molecule has 0 radical (unpaired) electrons. The van der Waals surface area contributed by atoms with E-state index in [1.807, 2.05) is 6.07 Å². The Balaban J connectivity index is 2.12. The van der Waals surface area contributed by atoms with Gasteiger partial charge in [-0.15, -0.1) is 0 Å². The fraction of sp³-hybridized carbons (Fsp3) is 0.533. The van der Waals surface area contributed by atoms with Gasteiger partial charge in [-0.3, -0.25) is 9.69 Å². The van der Waals surface area contributed by atoms with Crippen molar-refractivity contribution in [1.29, 1.82) is 0 Å². The van der Waals surface area contributed by atoms with Gasteiger partial charge in [-0.2, -0.15) is 0 Å². The Morgan fingerprint density at radius 1 is 1.28 bits per heavy atom. The van der Waals surface area contributed by atoms with Crippen LogP contribution in [0.4, 0.5) is 0 Å². The van der Waals surface area contributed by atoms with Gasteiger partial charge in [-0.05, 0) is 62.9 Å². The van der Waals surface area contributed by atoms with Crippen molar-refractivity contribution >= 4 is 5.97 Å². The predicted octanol–water partition coefficient (Wildman–Crippen LogP) is 2.39. The lowest BCUT2D eigenvalue weighted by Crippen LogP contribution is -2.40. The summed E-state index contributed by atoms with van der Waals surface area (Å²) in [7, 11) is 0. The summed E-state index contributed by atoms with van der Waals surface area (Å²) in [5, 5.41) is 9.38. The van der Waals surface area contributed by atoms with E-state index in [9.17, 15) is 9.90 Å². The summed E-state index contributed by atoms with van der Waals surface area (Å²) in [5.41, 5.74) is 3.61. The average Bonchev–Trinajstić information content (AvgIpc) is 2.83. The minimum atomic E-state index is -0.699. The van der Waals surface area contributed by atoms with E-state index in [0.717, 1.165) is 31.5 Å². The van der Waals surface area contributed by atoms with Crippen molar-refractivity contribution < 1.29 is 9.90 Å². The van der Waals surface area contributed by atoms with Crippen LogP contribution in [-0.2, 0) is 11.2 Å². The first kappa shape index (κ1) is 13.1. The van der Waals surface area contributed by atoms with Gasteiger partial charge < -0.3 is 5.11 Å². The number of carboxylic acids is 1. The van der Waals surface area contributed by atoms with Gasteiger partial charge in [0.15, 0.2) is 0 Å². The number of hydrogen-bond acceptors (Lipinski definition) is 2. The average molecular weight is 247 g/mol. The van der Waals surface area contributed by atoms with Gasteiger partial charge >= 0.3 is 5.97 Å². The summed E-state index contributed by atoms with van der Waals surface area (Å²) >= 11 is 0. The number of benzene rings is 1. The number of likely N-dealkylation sites (tertiary alicyclic amines) is 1. The standard InChI is InChI=1S/C15H21NO2/c1-11-5-6-13(9-12(11)2)10-14(15(17)18)16-7-3-4-8-16/h5-6,9,14H,3-4,7-8,10H2,1-2H3,(H,17,18)/t14-/m0/s1. The highest BCUT2D eigenvalue weighted by molar-refractivity contribution is 5.74. The molecule has 1 atom stereocenters. The van der Waals surface area contributed by atoms with Gasteiger partial charge in [0, 0.05) is 0 Å². The first-order valence-electron chi connectivity index (χ1n) is 6.61. The summed E-state index contributed by atoms with van der Waals surface area (Å²) in [6.45, 7) is 5.99. The molecular formula is C15H21NO2. The third-order valence-corrected chi connectivity index (χ3v) is 3.87. The Hall–Kier alpha value is -1.35. The number of aryl methyl sites for hydroxylation is 2. The zero-order chi connectivity index (χ0) is 13.1. The molecule has 1 aromatic carbocycles. The normalized spacial score (nSPS) is 17.9. The number of nitrogens with zero attached hydrogens (tertiary/aromatic N) is 1. The monoisotopic (exact) mass is 247 g/mol. The van der Waals surface area contributed by atoms with Crippen LogP contribution < -0.4 is 0 Å². The topological polar surface area (TPSA) is 40.5 Å². The van der Waals surface area contributed by atoms with Gasteiger partial charge in [0.05, 0.1) is 0 Å². The third kappa shape index (κ3) is 2.91. The fourth-order valence-corrected chi connectivity index (χ4v) is 2.58. The molecule has 18 heavy (non-hydrogen) atoms. The lowest BCUT2D eigenvalue weighted by molar-refractivity contribution is -0.142. The van der Waals surface area contributed by atoms with Crippen LogP contribution in [0, 0.1) is 13.8 Å². The van der Waals surface area contributed by atoms with Gasteiger partial charge in [0.25, 0.3) is 0 Å². The van der Waals surface area contributed by atoms with Crippen LogP contribution in [0.5, 0.6) is 0 Å². The first-order chi connectivity index (χ1) is 8.58. The molecule has 0 aliphatic carbocycles. The molecule has 1 aromatic rings. The largest absolute Gasteiger partial charge is 0.480 e.